The molecule has 0 aliphatic heterocycles. The van der Waals surface area contributed by atoms with Gasteiger partial charge in [0, 0.05) is 17.2 Å². The lowest BCUT2D eigenvalue weighted by atomic mass is 10.1. The molecule has 1 atom stereocenters. The molecule has 0 unspecified atom stereocenters. The average molecular weight is 377 g/mol. The van der Waals surface area contributed by atoms with E-state index in [1.807, 2.05) is 0 Å². The maximum Gasteiger partial charge on any atom is 0.437 e. The van der Waals surface area contributed by atoms with Gasteiger partial charge in [0.25, 0.3) is 0 Å². The summed E-state index contributed by atoms with van der Waals surface area (Å²) in [5.41, 5.74) is 0.471. The van der Waals surface area contributed by atoms with Crippen molar-refractivity contribution >= 4 is 5.91 Å². The van der Waals surface area contributed by atoms with Gasteiger partial charge in [-0.2, -0.15) is 4.68 Å². The Hall–Kier alpha value is -3.36. The van der Waals surface area contributed by atoms with Crippen LogP contribution in [0.15, 0.2) is 51.7 Å². The lowest BCUT2D eigenvalue weighted by Gasteiger charge is -2.14. The van der Waals surface area contributed by atoms with Crippen LogP contribution in [-0.4, -0.2) is 15.7 Å². The summed E-state index contributed by atoms with van der Waals surface area (Å²) >= 11 is 0. The standard InChI is InChI=1S/C18H14F3N3O3/c1-10(14-7-6-13(20)8-15(14)21)22-16(25)9-24-18(26)27-17(23-24)11-2-4-12(19)5-3-11/h2-8,10H,9H2,1H3,(H,22,25)/t10-/m0/s1. The minimum atomic E-state index is -0.870. The van der Waals surface area contributed by atoms with Crippen LogP contribution in [0.1, 0.15) is 18.5 Å². The molecule has 0 aliphatic rings. The molecule has 2 aromatic carbocycles. The van der Waals surface area contributed by atoms with Gasteiger partial charge in [0.1, 0.15) is 24.0 Å². The largest absolute Gasteiger partial charge is 0.437 e. The second kappa shape index (κ2) is 7.48. The van der Waals surface area contributed by atoms with Crippen molar-refractivity contribution in [3.63, 3.8) is 0 Å². The molecule has 140 valence electrons. The molecule has 0 spiro atoms. The van der Waals surface area contributed by atoms with Gasteiger partial charge in [0.2, 0.25) is 11.8 Å². The fourth-order valence-electron chi connectivity index (χ4n) is 2.47. The van der Waals surface area contributed by atoms with Gasteiger partial charge in [-0.3, -0.25) is 4.79 Å². The zero-order chi connectivity index (χ0) is 19.6. The monoisotopic (exact) mass is 377 g/mol. The minimum Gasteiger partial charge on any atom is -0.388 e. The number of nitrogens with zero attached hydrogens (tertiary/aromatic N) is 2. The van der Waals surface area contributed by atoms with E-state index in [1.54, 1.807) is 0 Å². The van der Waals surface area contributed by atoms with Gasteiger partial charge in [-0.05, 0) is 37.3 Å². The van der Waals surface area contributed by atoms with Crippen molar-refractivity contribution in [2.75, 3.05) is 0 Å². The molecule has 1 aromatic heterocycles. The number of carbonyl (C=O) groups excluding carboxylic acids is 1. The first kappa shape index (κ1) is 18.4. The molecule has 0 radical (unpaired) electrons. The van der Waals surface area contributed by atoms with Gasteiger partial charge in [0.05, 0.1) is 6.04 Å². The molecule has 0 saturated carbocycles. The average Bonchev–Trinajstić information content (AvgIpc) is 2.95. The van der Waals surface area contributed by atoms with E-state index in [0.717, 1.165) is 16.8 Å². The van der Waals surface area contributed by atoms with Gasteiger partial charge in [0.15, 0.2) is 0 Å². The molecular formula is C18H14F3N3O3. The highest BCUT2D eigenvalue weighted by atomic mass is 19.1. The van der Waals surface area contributed by atoms with E-state index in [2.05, 4.69) is 10.4 Å². The summed E-state index contributed by atoms with van der Waals surface area (Å²) < 4.78 is 45.4. The molecular weight excluding hydrogens is 363 g/mol. The third-order valence-corrected chi connectivity index (χ3v) is 3.80. The van der Waals surface area contributed by atoms with Crippen molar-refractivity contribution in [2.24, 2.45) is 0 Å². The third-order valence-electron chi connectivity index (χ3n) is 3.80. The van der Waals surface area contributed by atoms with Crippen LogP contribution >= 0.6 is 0 Å². The zero-order valence-corrected chi connectivity index (χ0v) is 14.1. The van der Waals surface area contributed by atoms with Crippen LogP contribution in [0.2, 0.25) is 0 Å². The zero-order valence-electron chi connectivity index (χ0n) is 14.1. The van der Waals surface area contributed by atoms with Gasteiger partial charge >= 0.3 is 5.76 Å². The minimum absolute atomic E-state index is 0.0644. The normalized spacial score (nSPS) is 12.0. The molecule has 9 heteroatoms. The summed E-state index contributed by atoms with van der Waals surface area (Å²) in [5, 5.41) is 6.39. The van der Waals surface area contributed by atoms with E-state index in [1.165, 1.54) is 37.3 Å². The number of halogens is 3. The first-order valence-corrected chi connectivity index (χ1v) is 7.91. The maximum atomic E-state index is 13.8. The van der Waals surface area contributed by atoms with E-state index < -0.39 is 41.7 Å². The number of rotatable bonds is 5. The SMILES string of the molecule is C[C@H](NC(=O)Cn1nc(-c2ccc(F)cc2)oc1=O)c1ccc(F)cc1F. The third kappa shape index (κ3) is 4.25. The molecule has 0 aliphatic carbocycles. The lowest BCUT2D eigenvalue weighted by Crippen LogP contribution is -2.33. The molecule has 27 heavy (non-hydrogen) atoms. The fraction of sp³-hybridized carbons (Fsp3) is 0.167. The first-order chi connectivity index (χ1) is 12.8. The number of hydrogen-bond acceptors (Lipinski definition) is 4. The predicted octanol–water partition coefficient (Wildman–Crippen LogP) is 2.80. The number of aromatic nitrogens is 2. The van der Waals surface area contributed by atoms with Crippen molar-refractivity contribution in [2.45, 2.75) is 19.5 Å². The van der Waals surface area contributed by atoms with Crippen LogP contribution in [0.5, 0.6) is 0 Å². The molecule has 1 amide bonds. The first-order valence-electron chi connectivity index (χ1n) is 7.91. The Morgan fingerprint density at radius 1 is 1.15 bits per heavy atom. The molecule has 3 aromatic rings. The Kier molecular flexibility index (Phi) is 5.11. The highest BCUT2D eigenvalue weighted by molar-refractivity contribution is 5.76. The van der Waals surface area contributed by atoms with Crippen molar-refractivity contribution in [3.05, 3.63) is 76.0 Å². The van der Waals surface area contributed by atoms with Crippen LogP contribution in [0.3, 0.4) is 0 Å². The Balaban J connectivity index is 1.71. The van der Waals surface area contributed by atoms with E-state index in [4.69, 9.17) is 4.42 Å². The van der Waals surface area contributed by atoms with Gasteiger partial charge in [-0.15, -0.1) is 5.10 Å². The molecule has 6 nitrogen and oxygen atoms in total. The Morgan fingerprint density at radius 3 is 2.48 bits per heavy atom. The van der Waals surface area contributed by atoms with Gasteiger partial charge in [-0.1, -0.05) is 6.07 Å². The van der Waals surface area contributed by atoms with Gasteiger partial charge < -0.3 is 9.73 Å². The highest BCUT2D eigenvalue weighted by Gasteiger charge is 2.17. The van der Waals surface area contributed by atoms with Crippen LogP contribution in [0, 0.1) is 17.5 Å². The summed E-state index contributed by atoms with van der Waals surface area (Å²) in [6, 6.07) is 7.39. The summed E-state index contributed by atoms with van der Waals surface area (Å²) in [6.07, 6.45) is 0. The van der Waals surface area contributed by atoms with Crippen molar-refractivity contribution in [1.29, 1.82) is 0 Å². The van der Waals surface area contributed by atoms with Crippen LogP contribution < -0.4 is 11.1 Å². The maximum absolute atomic E-state index is 13.8. The number of benzene rings is 2. The number of nitrogens with one attached hydrogen (secondary N) is 1. The highest BCUT2D eigenvalue weighted by Crippen LogP contribution is 2.18. The van der Waals surface area contributed by atoms with Gasteiger partial charge in [-0.25, -0.2) is 18.0 Å². The Morgan fingerprint density at radius 2 is 1.81 bits per heavy atom. The van der Waals surface area contributed by atoms with Crippen molar-refractivity contribution < 1.29 is 22.4 Å². The van der Waals surface area contributed by atoms with Crippen LogP contribution in [0.4, 0.5) is 13.2 Å². The molecule has 1 N–H and O–H groups in total. The molecule has 0 fully saturated rings. The fourth-order valence-corrected chi connectivity index (χ4v) is 2.47. The van der Waals surface area contributed by atoms with E-state index in [-0.39, 0.29) is 11.5 Å². The molecule has 3 rings (SSSR count). The lowest BCUT2D eigenvalue weighted by molar-refractivity contribution is -0.122. The predicted molar refractivity (Wildman–Crippen MR) is 89.1 cm³/mol. The summed E-state index contributed by atoms with van der Waals surface area (Å²) in [7, 11) is 0. The Bertz CT molecular complexity index is 1030. The summed E-state index contributed by atoms with van der Waals surface area (Å²) in [4.78, 5) is 24.0. The van der Waals surface area contributed by atoms with E-state index in [0.29, 0.717) is 5.56 Å². The Labute approximate surface area is 151 Å². The van der Waals surface area contributed by atoms with Crippen LogP contribution in [0.25, 0.3) is 11.5 Å². The quantitative estimate of drug-likeness (QED) is 0.742. The number of amides is 1. The second-order valence-electron chi connectivity index (χ2n) is 5.79. The summed E-state index contributed by atoms with van der Waals surface area (Å²) in [6.45, 7) is 1.06. The molecule has 0 saturated heterocycles. The summed E-state index contributed by atoms with van der Waals surface area (Å²) in [5.74, 6) is -3.53. The van der Waals surface area contributed by atoms with E-state index >= 15 is 0 Å². The number of hydrogen-bond donors (Lipinski definition) is 1. The molecule has 1 heterocycles. The second-order valence-corrected chi connectivity index (χ2v) is 5.79. The van der Waals surface area contributed by atoms with E-state index in [9.17, 15) is 22.8 Å². The van der Waals surface area contributed by atoms with Crippen LogP contribution in [-0.2, 0) is 11.3 Å². The van der Waals surface area contributed by atoms with Crippen molar-refractivity contribution in [1.82, 2.24) is 15.1 Å². The topological polar surface area (TPSA) is 77.1 Å². The smallest absolute Gasteiger partial charge is 0.388 e. The van der Waals surface area contributed by atoms with Crippen molar-refractivity contribution in [3.8, 4) is 11.5 Å². The number of carbonyl (C=O) groups is 1. The molecule has 0 bridgehead atoms.